The summed E-state index contributed by atoms with van der Waals surface area (Å²) in [5, 5.41) is 2.13. The molecule has 0 aliphatic heterocycles. The Morgan fingerprint density at radius 2 is 0.784 bits per heavy atom. The van der Waals surface area contributed by atoms with E-state index in [2.05, 4.69) is 130 Å². The van der Waals surface area contributed by atoms with Gasteiger partial charge in [-0.05, 0) is 32.2 Å². The molecule has 0 bridgehead atoms. The lowest BCUT2D eigenvalue weighted by Crippen LogP contribution is -2.49. The molecule has 0 aliphatic rings. The second-order valence-corrected chi connectivity index (χ2v) is 54.2. The first-order valence-corrected chi connectivity index (χ1v) is 37.2. The normalized spacial score (nSPS) is 14.8. The van der Waals surface area contributed by atoms with E-state index in [1.807, 2.05) is 11.8 Å². The van der Waals surface area contributed by atoms with E-state index in [-0.39, 0.29) is 0 Å². The Labute approximate surface area is 253 Å². The molecule has 0 spiro atoms. The van der Waals surface area contributed by atoms with E-state index in [0.717, 1.165) is 8.69 Å². The molecule has 0 heterocycles. The number of hydrogen-bond donors (Lipinski definition) is 1. The van der Waals surface area contributed by atoms with Crippen LogP contribution < -0.4 is 0 Å². The molecule has 0 radical (unpaired) electrons. The van der Waals surface area contributed by atoms with Crippen LogP contribution in [0.5, 0.6) is 0 Å². The number of thioether (sulfide) groups is 1. The van der Waals surface area contributed by atoms with Gasteiger partial charge in [0.15, 0.2) is 0 Å². The van der Waals surface area contributed by atoms with Gasteiger partial charge in [0.05, 0.1) is 0 Å². The van der Waals surface area contributed by atoms with Crippen molar-refractivity contribution in [1.82, 2.24) is 0 Å². The summed E-state index contributed by atoms with van der Waals surface area (Å²) in [4.78, 5) is 1.51. The zero-order valence-corrected chi connectivity index (χ0v) is 36.2. The zero-order valence-electron chi connectivity index (χ0n) is 27.7. The van der Waals surface area contributed by atoms with Gasteiger partial charge in [-0.1, -0.05) is 154 Å². The Kier molecular flexibility index (Phi) is 11.7. The third-order valence-corrected chi connectivity index (χ3v) is 36.8. The van der Waals surface area contributed by atoms with Gasteiger partial charge in [-0.15, -0.1) is 12.6 Å². The quantitative estimate of drug-likeness (QED) is 0.115. The van der Waals surface area contributed by atoms with Crippen LogP contribution in [0.2, 0.25) is 118 Å². The van der Waals surface area contributed by atoms with Crippen LogP contribution in [0.15, 0.2) is 17.0 Å². The third kappa shape index (κ3) is 9.68. The van der Waals surface area contributed by atoms with Crippen LogP contribution in [0.25, 0.3) is 0 Å². The molecule has 1 aromatic rings. The van der Waals surface area contributed by atoms with Gasteiger partial charge >= 0.3 is 0 Å². The molecule has 0 unspecified atom stereocenters. The van der Waals surface area contributed by atoms with E-state index < -0.39 is 48.4 Å². The lowest BCUT2D eigenvalue weighted by molar-refractivity contribution is 1.02. The van der Waals surface area contributed by atoms with Crippen LogP contribution >= 0.6 is 36.6 Å². The topological polar surface area (TPSA) is 0 Å². The van der Waals surface area contributed by atoms with E-state index in [9.17, 15) is 0 Å². The molecule has 0 saturated heterocycles. The van der Waals surface area contributed by atoms with Gasteiger partial charge in [-0.25, -0.2) is 0 Å². The number of hydrogen-bond acceptors (Lipinski definition) is 2. The van der Waals surface area contributed by atoms with Crippen molar-refractivity contribution in [3.05, 3.63) is 28.8 Å². The molecule has 9 heteroatoms. The maximum absolute atomic E-state index is 5.73. The molecule has 0 atom stereocenters. The fourth-order valence-electron chi connectivity index (χ4n) is 8.26. The monoisotopic (exact) mass is 660 g/mol. The highest BCUT2D eigenvalue weighted by molar-refractivity contribution is 8.41. The Hall–Kier alpha value is 1.31. The Balaban J connectivity index is 4.54. The van der Waals surface area contributed by atoms with Crippen LogP contribution in [-0.4, -0.2) is 52.0 Å². The van der Waals surface area contributed by atoms with Gasteiger partial charge in [0, 0.05) is 53.3 Å². The lowest BCUT2D eigenvalue weighted by Gasteiger charge is -2.45. The van der Waals surface area contributed by atoms with Crippen LogP contribution in [0, 0.1) is 0 Å². The van der Waals surface area contributed by atoms with Gasteiger partial charge < -0.3 is 0 Å². The second-order valence-electron chi connectivity index (χ2n) is 17.9. The van der Waals surface area contributed by atoms with Gasteiger partial charge in [0.2, 0.25) is 0 Å². The Bertz CT molecular complexity index is 870. The van der Waals surface area contributed by atoms with Gasteiger partial charge in [-0.3, -0.25) is 0 Å². The van der Waals surface area contributed by atoms with Crippen molar-refractivity contribution in [3.63, 3.8) is 0 Å². The summed E-state index contributed by atoms with van der Waals surface area (Å²) in [6.45, 7) is 47.0. The van der Waals surface area contributed by atoms with Crippen molar-refractivity contribution in [2.24, 2.45) is 0 Å². The fourth-order valence-corrected chi connectivity index (χ4v) is 48.1. The number of benzene rings is 1. The maximum Gasteiger partial charge on any atom is 0.105 e. The summed E-state index contributed by atoms with van der Waals surface area (Å²) >= 11 is 12.3. The van der Waals surface area contributed by atoms with E-state index in [1.54, 1.807) is 16.7 Å². The first kappa shape index (κ1) is 36.3. The number of thiocarbonyl (C=S) groups is 1. The molecular weight excluding hydrogens is 601 g/mol. The molecule has 0 saturated carbocycles. The fraction of sp³-hybridized carbons (Fsp3) is 0.750. The minimum absolute atomic E-state index is 0.691. The van der Waals surface area contributed by atoms with Crippen LogP contribution in [0.3, 0.4) is 0 Å². The zero-order chi connectivity index (χ0) is 29.7. The van der Waals surface area contributed by atoms with Crippen molar-refractivity contribution in [1.29, 1.82) is 0 Å². The Morgan fingerprint density at radius 1 is 0.541 bits per heavy atom. The maximum atomic E-state index is 5.73. The van der Waals surface area contributed by atoms with Crippen LogP contribution in [0.4, 0.5) is 0 Å². The molecule has 1 rings (SSSR count). The first-order valence-electron chi connectivity index (χ1n) is 14.1. The summed E-state index contributed by atoms with van der Waals surface area (Å²) in [6.07, 6.45) is 0. The molecule has 0 nitrogen and oxygen atoms in total. The van der Waals surface area contributed by atoms with Gasteiger partial charge in [0.25, 0.3) is 0 Å². The minimum Gasteiger partial charge on any atom is -0.125 e. The predicted molar refractivity (Wildman–Crippen MR) is 202 cm³/mol. The predicted octanol–water partition coefficient (Wildman–Crippen LogP) is 11.5. The Morgan fingerprint density at radius 3 is 0.973 bits per heavy atom. The largest absolute Gasteiger partial charge is 0.125 e. The van der Waals surface area contributed by atoms with Crippen LogP contribution in [-0.2, 0) is 0 Å². The summed E-state index contributed by atoms with van der Waals surface area (Å²) in [5.41, 5.74) is 5.01. The SMILES string of the molecule is C[Si](C)(C)C(c1cc(C([Si](C)(C)C)[Si](C)(C)C)c(SC(=S)S)c(C([Si](C)(C)C)[Si](C)(C)C)c1)[Si](C)(C)C. The summed E-state index contributed by atoms with van der Waals surface area (Å²) in [5.74, 6) is 0. The molecule has 0 fully saturated rings. The highest BCUT2D eigenvalue weighted by atomic mass is 32.2. The highest BCUT2D eigenvalue weighted by Crippen LogP contribution is 2.50. The van der Waals surface area contributed by atoms with Gasteiger partial charge in [-0.2, -0.15) is 0 Å². The van der Waals surface area contributed by atoms with E-state index in [4.69, 9.17) is 24.8 Å². The molecule has 37 heavy (non-hydrogen) atoms. The molecule has 0 aliphatic carbocycles. The van der Waals surface area contributed by atoms with Crippen molar-refractivity contribution >= 4 is 88.6 Å². The minimum atomic E-state index is -1.52. The van der Waals surface area contributed by atoms with E-state index in [1.165, 1.54) is 4.90 Å². The van der Waals surface area contributed by atoms with Crippen LogP contribution in [0.1, 0.15) is 32.2 Å². The smallest absolute Gasteiger partial charge is 0.105 e. The number of rotatable bonds is 10. The highest BCUT2D eigenvalue weighted by Gasteiger charge is 2.46. The van der Waals surface area contributed by atoms with Crippen molar-refractivity contribution in [2.45, 2.75) is 138 Å². The second kappa shape index (κ2) is 11.9. The number of thiol groups is 1. The molecular formula is C28H60S3Si6. The first-order chi connectivity index (χ1) is 16.0. The van der Waals surface area contributed by atoms with Crippen molar-refractivity contribution < 1.29 is 0 Å². The third-order valence-electron chi connectivity index (χ3n) is 7.51. The van der Waals surface area contributed by atoms with E-state index in [0.29, 0.717) is 10.3 Å². The van der Waals surface area contributed by atoms with Gasteiger partial charge in [0.1, 0.15) is 3.53 Å². The molecule has 0 N–H and O–H groups in total. The van der Waals surface area contributed by atoms with Crippen molar-refractivity contribution in [2.75, 3.05) is 0 Å². The molecule has 1 aromatic carbocycles. The molecule has 214 valence electrons. The average Bonchev–Trinajstić information content (AvgIpc) is 2.49. The standard InChI is InChI=1S/C28H60S3Si6/c1-32(2,3)25(33(4,5)6)21-19-22(26(34(7,8)9)35(10,11)12)24(31-28(29)30)23(20-21)27(36(13,14)15)37(16,17)18/h19-20,25-27H,1-18H3,(H,29,30). The molecule has 0 aromatic heterocycles. The summed E-state index contributed by atoms with van der Waals surface area (Å²) in [6, 6.07) is 5.48. The van der Waals surface area contributed by atoms with Crippen molar-refractivity contribution in [3.8, 4) is 0 Å². The summed E-state index contributed by atoms with van der Waals surface area (Å²) in [7, 11) is -8.98. The lowest BCUT2D eigenvalue weighted by atomic mass is 10.1. The molecule has 0 amide bonds. The summed E-state index contributed by atoms with van der Waals surface area (Å²) < 4.78 is 0.775. The van der Waals surface area contributed by atoms with E-state index >= 15 is 0 Å². The average molecular weight is 662 g/mol.